The molecule has 0 saturated carbocycles. The number of halogens is 3. The van der Waals surface area contributed by atoms with Gasteiger partial charge in [-0.15, -0.1) is 0 Å². The van der Waals surface area contributed by atoms with Gasteiger partial charge in [0.1, 0.15) is 6.61 Å². The highest BCUT2D eigenvalue weighted by Crippen LogP contribution is 2.32. The Balaban J connectivity index is 1.94. The summed E-state index contributed by atoms with van der Waals surface area (Å²) in [6, 6.07) is 9.36. The van der Waals surface area contributed by atoms with E-state index in [2.05, 4.69) is 14.8 Å². The lowest BCUT2D eigenvalue weighted by Gasteiger charge is -2.09. The van der Waals surface area contributed by atoms with Crippen molar-refractivity contribution in [2.24, 2.45) is 0 Å². The van der Waals surface area contributed by atoms with Crippen molar-refractivity contribution in [2.45, 2.75) is 12.8 Å². The molecule has 0 N–H and O–H groups in total. The molecule has 5 nitrogen and oxygen atoms in total. The Bertz CT molecular complexity index is 896. The summed E-state index contributed by atoms with van der Waals surface area (Å²) >= 11 is 0. The standard InChI is InChI=1S/C17H11F3N4O/c1-21-13-4-6-14(7-5-13)24-10-15(17(18,19)20)23-16(24)25-11-12-3-2-8-22-9-12/h2-10H,11H2. The largest absolute Gasteiger partial charge is 0.459 e. The van der Waals surface area contributed by atoms with E-state index < -0.39 is 11.9 Å². The maximum atomic E-state index is 13.0. The lowest BCUT2D eigenvalue weighted by Crippen LogP contribution is -2.05. The fourth-order valence-electron chi connectivity index (χ4n) is 2.11. The average molecular weight is 344 g/mol. The zero-order chi connectivity index (χ0) is 17.9. The van der Waals surface area contributed by atoms with Crippen molar-refractivity contribution in [3.05, 3.63) is 77.7 Å². The van der Waals surface area contributed by atoms with Crippen LogP contribution in [-0.4, -0.2) is 14.5 Å². The number of nitrogens with zero attached hydrogens (tertiary/aromatic N) is 4. The first-order chi connectivity index (χ1) is 12.0. The molecule has 2 aromatic heterocycles. The summed E-state index contributed by atoms with van der Waals surface area (Å²) in [6.45, 7) is 6.96. The van der Waals surface area contributed by atoms with Crippen molar-refractivity contribution < 1.29 is 17.9 Å². The molecule has 0 aliphatic carbocycles. The van der Waals surface area contributed by atoms with Crippen molar-refractivity contribution in [3.8, 4) is 11.7 Å². The van der Waals surface area contributed by atoms with E-state index in [-0.39, 0.29) is 12.6 Å². The summed E-state index contributed by atoms with van der Waals surface area (Å²) in [5.74, 6) is 0. The van der Waals surface area contributed by atoms with Gasteiger partial charge in [0.05, 0.1) is 6.57 Å². The van der Waals surface area contributed by atoms with Gasteiger partial charge < -0.3 is 4.74 Å². The van der Waals surface area contributed by atoms with E-state index in [0.29, 0.717) is 16.9 Å². The first-order valence-electron chi connectivity index (χ1n) is 7.13. The van der Waals surface area contributed by atoms with Crippen LogP contribution in [0.3, 0.4) is 0 Å². The Hall–Kier alpha value is -3.34. The minimum Gasteiger partial charge on any atom is -0.459 e. The van der Waals surface area contributed by atoms with Crippen LogP contribution in [0, 0.1) is 6.57 Å². The number of aromatic nitrogens is 3. The normalized spacial score (nSPS) is 11.1. The fourth-order valence-corrected chi connectivity index (χ4v) is 2.11. The molecule has 8 heteroatoms. The van der Waals surface area contributed by atoms with Crippen molar-refractivity contribution in [2.75, 3.05) is 0 Å². The van der Waals surface area contributed by atoms with Crippen molar-refractivity contribution in [3.63, 3.8) is 0 Å². The Labute approximate surface area is 141 Å². The quantitative estimate of drug-likeness (QED) is 0.658. The zero-order valence-corrected chi connectivity index (χ0v) is 12.7. The first-order valence-corrected chi connectivity index (χ1v) is 7.13. The van der Waals surface area contributed by atoms with Gasteiger partial charge in [-0.2, -0.15) is 18.2 Å². The smallest absolute Gasteiger partial charge is 0.435 e. The van der Waals surface area contributed by atoms with Crippen LogP contribution >= 0.6 is 0 Å². The monoisotopic (exact) mass is 344 g/mol. The molecule has 0 spiro atoms. The Morgan fingerprint density at radius 1 is 1.16 bits per heavy atom. The molecule has 1 aromatic carbocycles. The highest BCUT2D eigenvalue weighted by molar-refractivity contribution is 5.50. The van der Waals surface area contributed by atoms with Gasteiger partial charge in [-0.1, -0.05) is 18.2 Å². The van der Waals surface area contributed by atoms with E-state index >= 15 is 0 Å². The summed E-state index contributed by atoms with van der Waals surface area (Å²) < 4.78 is 45.7. The molecule has 3 rings (SSSR count). The minimum atomic E-state index is -4.59. The number of alkyl halides is 3. The maximum Gasteiger partial charge on any atom is 0.435 e. The number of ether oxygens (including phenoxy) is 1. The zero-order valence-electron chi connectivity index (χ0n) is 12.7. The van der Waals surface area contributed by atoms with Gasteiger partial charge in [0.25, 0.3) is 0 Å². The molecular formula is C17H11F3N4O. The van der Waals surface area contributed by atoms with Crippen molar-refractivity contribution in [1.29, 1.82) is 0 Å². The van der Waals surface area contributed by atoms with Crippen LogP contribution in [0.4, 0.5) is 18.9 Å². The van der Waals surface area contributed by atoms with Crippen LogP contribution in [0.25, 0.3) is 10.5 Å². The van der Waals surface area contributed by atoms with Crippen LogP contribution in [0.1, 0.15) is 11.3 Å². The van der Waals surface area contributed by atoms with Crippen LogP contribution < -0.4 is 4.74 Å². The second-order valence-corrected chi connectivity index (χ2v) is 5.05. The van der Waals surface area contributed by atoms with E-state index in [9.17, 15) is 13.2 Å². The average Bonchev–Trinajstić information content (AvgIpc) is 3.05. The van der Waals surface area contributed by atoms with E-state index in [4.69, 9.17) is 11.3 Å². The van der Waals surface area contributed by atoms with E-state index in [0.717, 1.165) is 6.20 Å². The third-order valence-corrected chi connectivity index (χ3v) is 3.31. The molecule has 2 heterocycles. The minimum absolute atomic E-state index is 0.0300. The summed E-state index contributed by atoms with van der Waals surface area (Å²) in [6.07, 6.45) is -0.576. The van der Waals surface area contributed by atoms with Gasteiger partial charge in [-0.25, -0.2) is 4.85 Å². The number of rotatable bonds is 4. The second-order valence-electron chi connectivity index (χ2n) is 5.05. The maximum absolute atomic E-state index is 13.0. The molecule has 0 saturated heterocycles. The summed E-state index contributed by atoms with van der Waals surface area (Å²) in [7, 11) is 0. The molecule has 0 fully saturated rings. The lowest BCUT2D eigenvalue weighted by molar-refractivity contribution is -0.141. The van der Waals surface area contributed by atoms with E-state index in [1.165, 1.54) is 28.8 Å². The molecule has 3 aromatic rings. The summed E-state index contributed by atoms with van der Waals surface area (Å²) in [4.78, 5) is 10.7. The van der Waals surface area contributed by atoms with E-state index in [1.807, 2.05) is 0 Å². The predicted molar refractivity (Wildman–Crippen MR) is 83.4 cm³/mol. The van der Waals surface area contributed by atoms with Gasteiger partial charge in [-0.05, 0) is 18.2 Å². The Morgan fingerprint density at radius 3 is 2.52 bits per heavy atom. The highest BCUT2D eigenvalue weighted by atomic mass is 19.4. The van der Waals surface area contributed by atoms with Gasteiger partial charge in [0, 0.05) is 29.8 Å². The Morgan fingerprint density at radius 2 is 1.92 bits per heavy atom. The number of pyridine rings is 1. The van der Waals surface area contributed by atoms with Gasteiger partial charge in [0.15, 0.2) is 11.4 Å². The molecule has 0 aliphatic heterocycles. The lowest BCUT2D eigenvalue weighted by atomic mass is 10.3. The number of imidazole rings is 1. The predicted octanol–water partition coefficient (Wildman–Crippen LogP) is 4.42. The SMILES string of the molecule is [C-]#[N+]c1ccc(-n2cc(C(F)(F)F)nc2OCc2cccnc2)cc1. The van der Waals surface area contributed by atoms with Crippen LogP contribution in [0.15, 0.2) is 55.0 Å². The molecule has 0 bridgehead atoms. The topological polar surface area (TPSA) is 44.3 Å². The molecule has 25 heavy (non-hydrogen) atoms. The molecule has 0 amide bonds. The first kappa shape index (κ1) is 16.5. The van der Waals surface area contributed by atoms with Crippen molar-refractivity contribution >= 4 is 5.69 Å². The third kappa shape index (κ3) is 3.77. The van der Waals surface area contributed by atoms with Gasteiger partial charge in [-0.3, -0.25) is 9.55 Å². The highest BCUT2D eigenvalue weighted by Gasteiger charge is 2.35. The third-order valence-electron chi connectivity index (χ3n) is 3.31. The van der Waals surface area contributed by atoms with Crippen LogP contribution in [0.2, 0.25) is 0 Å². The number of hydrogen-bond acceptors (Lipinski definition) is 3. The Kier molecular flexibility index (Phi) is 4.39. The molecule has 0 aliphatic rings. The van der Waals surface area contributed by atoms with Crippen molar-refractivity contribution in [1.82, 2.24) is 14.5 Å². The molecule has 0 atom stereocenters. The molecule has 0 radical (unpaired) electrons. The summed E-state index contributed by atoms with van der Waals surface area (Å²) in [5.41, 5.74) is 0.450. The van der Waals surface area contributed by atoms with Crippen LogP contribution in [-0.2, 0) is 12.8 Å². The summed E-state index contributed by atoms with van der Waals surface area (Å²) in [5, 5.41) is 0. The van der Waals surface area contributed by atoms with Gasteiger partial charge in [0.2, 0.25) is 0 Å². The van der Waals surface area contributed by atoms with Gasteiger partial charge >= 0.3 is 12.2 Å². The molecule has 126 valence electrons. The fraction of sp³-hybridized carbons (Fsp3) is 0.118. The molecular weight excluding hydrogens is 333 g/mol. The van der Waals surface area contributed by atoms with Crippen LogP contribution in [0.5, 0.6) is 6.01 Å². The number of hydrogen-bond donors (Lipinski definition) is 0. The second kappa shape index (κ2) is 6.65. The number of benzene rings is 1. The molecule has 0 unspecified atom stereocenters. The van der Waals surface area contributed by atoms with E-state index in [1.54, 1.807) is 24.5 Å².